The number of hydrogen-bond donors (Lipinski definition) is 0. The Kier molecular flexibility index (Phi) is 1.42. The van der Waals surface area contributed by atoms with E-state index >= 15 is 0 Å². The number of hydrogen-bond acceptors (Lipinski definition) is 0. The Hall–Kier alpha value is -0.660. The molecule has 0 saturated carbocycles. The lowest BCUT2D eigenvalue weighted by atomic mass is 10.3. The fraction of sp³-hybridized carbons (Fsp3) is 0.500. The minimum absolute atomic E-state index is 0.0185. The van der Waals surface area contributed by atoms with Crippen molar-refractivity contribution in [3.63, 3.8) is 0 Å². The van der Waals surface area contributed by atoms with E-state index in [-0.39, 0.29) is 5.83 Å². The Balaban J connectivity index is 2.69. The van der Waals surface area contributed by atoms with Gasteiger partial charge in [0.15, 0.2) is 12.0 Å². The molecule has 0 aromatic heterocycles. The molecule has 0 radical (unpaired) electrons. The van der Waals surface area contributed by atoms with Crippen LogP contribution in [-0.2, 0) is 0 Å². The van der Waals surface area contributed by atoms with E-state index in [0.717, 1.165) is 6.42 Å². The molecule has 0 aromatic rings. The minimum Gasteiger partial charge on any atom is -0.209 e. The van der Waals surface area contributed by atoms with Crippen LogP contribution in [0.5, 0.6) is 0 Å². The smallest absolute Gasteiger partial charge is 0.200 e. The van der Waals surface area contributed by atoms with Crippen molar-refractivity contribution in [3.05, 3.63) is 12.0 Å². The summed E-state index contributed by atoms with van der Waals surface area (Å²) in [4.78, 5) is 0. The van der Waals surface area contributed by atoms with Crippen molar-refractivity contribution < 1.29 is 8.97 Å². The van der Waals surface area contributed by atoms with E-state index in [1.807, 2.05) is 13.3 Å². The number of nitrogens with zero attached hydrogens (tertiary/aromatic N) is 1. The Morgan fingerprint density at radius 3 is 2.88 bits per heavy atom. The molecule has 1 aliphatic heterocycles. The van der Waals surface area contributed by atoms with Crippen LogP contribution in [0.1, 0.15) is 12.8 Å². The molecule has 0 unspecified atom stereocenters. The number of rotatable bonds is 0. The van der Waals surface area contributed by atoms with Crippen LogP contribution in [0.2, 0.25) is 0 Å². The van der Waals surface area contributed by atoms with E-state index in [0.29, 0.717) is 6.42 Å². The maximum Gasteiger partial charge on any atom is 0.200 e. The Morgan fingerprint density at radius 2 is 2.50 bits per heavy atom. The Bertz CT molecular complexity index is 147. The van der Waals surface area contributed by atoms with Gasteiger partial charge in [-0.3, -0.25) is 0 Å². The summed E-state index contributed by atoms with van der Waals surface area (Å²) in [6.45, 7) is 0. The summed E-state index contributed by atoms with van der Waals surface area (Å²) in [5, 5.41) is 0. The lowest BCUT2D eigenvalue weighted by molar-refractivity contribution is -0.422. The first-order valence-electron chi connectivity index (χ1n) is 2.70. The van der Waals surface area contributed by atoms with Crippen molar-refractivity contribution in [2.45, 2.75) is 12.8 Å². The quantitative estimate of drug-likeness (QED) is 0.418. The third-order valence-corrected chi connectivity index (χ3v) is 1.14. The van der Waals surface area contributed by atoms with Crippen LogP contribution in [-0.4, -0.2) is 17.8 Å². The second-order valence-corrected chi connectivity index (χ2v) is 1.96. The van der Waals surface area contributed by atoms with Gasteiger partial charge in [-0.2, -0.15) is 0 Å². The van der Waals surface area contributed by atoms with Crippen LogP contribution in [0.15, 0.2) is 12.0 Å². The highest BCUT2D eigenvalue weighted by molar-refractivity contribution is 5.52. The van der Waals surface area contributed by atoms with Gasteiger partial charge in [0.05, 0.1) is 0 Å². The van der Waals surface area contributed by atoms with Crippen molar-refractivity contribution in [2.24, 2.45) is 0 Å². The summed E-state index contributed by atoms with van der Waals surface area (Å²) < 4.78 is 14.0. The molecule has 0 saturated heterocycles. The SMILES string of the molecule is C[N+]1=CCCC(F)=C1. The molecule has 2 heteroatoms. The molecule has 1 heterocycles. The van der Waals surface area contributed by atoms with E-state index < -0.39 is 0 Å². The number of allylic oxidation sites excluding steroid dienone is 1. The Morgan fingerprint density at radius 1 is 1.75 bits per heavy atom. The molecule has 0 N–H and O–H groups in total. The third-order valence-electron chi connectivity index (χ3n) is 1.14. The summed E-state index contributed by atoms with van der Waals surface area (Å²) in [6, 6.07) is 0. The molecule has 0 amide bonds. The summed E-state index contributed by atoms with van der Waals surface area (Å²) in [6.07, 6.45) is 4.87. The van der Waals surface area contributed by atoms with Crippen molar-refractivity contribution in [1.82, 2.24) is 0 Å². The average molecular weight is 114 g/mol. The van der Waals surface area contributed by atoms with Gasteiger partial charge in [-0.15, -0.1) is 0 Å². The highest BCUT2D eigenvalue weighted by atomic mass is 19.1. The van der Waals surface area contributed by atoms with E-state index in [1.54, 1.807) is 4.58 Å². The van der Waals surface area contributed by atoms with Crippen LogP contribution in [0.4, 0.5) is 4.39 Å². The molecular formula is C6H9FN+. The highest BCUT2D eigenvalue weighted by Crippen LogP contribution is 2.07. The van der Waals surface area contributed by atoms with Crippen LogP contribution in [0.25, 0.3) is 0 Å². The van der Waals surface area contributed by atoms with Gasteiger partial charge in [0.25, 0.3) is 0 Å². The van der Waals surface area contributed by atoms with Gasteiger partial charge < -0.3 is 0 Å². The monoisotopic (exact) mass is 114 g/mol. The number of halogens is 1. The fourth-order valence-electron chi connectivity index (χ4n) is 0.744. The first kappa shape index (κ1) is 5.48. The molecule has 0 atom stereocenters. The topological polar surface area (TPSA) is 3.01 Å². The third kappa shape index (κ3) is 1.15. The predicted molar refractivity (Wildman–Crippen MR) is 30.7 cm³/mol. The average Bonchev–Trinajstić information content (AvgIpc) is 1.64. The zero-order chi connectivity index (χ0) is 5.98. The van der Waals surface area contributed by atoms with E-state index in [4.69, 9.17) is 0 Å². The minimum atomic E-state index is -0.0185. The maximum atomic E-state index is 12.2. The molecule has 8 heavy (non-hydrogen) atoms. The van der Waals surface area contributed by atoms with Crippen LogP contribution in [0.3, 0.4) is 0 Å². The molecule has 0 aliphatic carbocycles. The zero-order valence-corrected chi connectivity index (χ0v) is 4.89. The second kappa shape index (κ2) is 2.07. The summed E-state index contributed by atoms with van der Waals surface area (Å²) in [5.74, 6) is -0.0185. The van der Waals surface area contributed by atoms with Crippen molar-refractivity contribution in [2.75, 3.05) is 7.05 Å². The maximum absolute atomic E-state index is 12.2. The van der Waals surface area contributed by atoms with Crippen LogP contribution >= 0.6 is 0 Å². The van der Waals surface area contributed by atoms with Gasteiger partial charge in [0.2, 0.25) is 0 Å². The molecule has 0 bridgehead atoms. The van der Waals surface area contributed by atoms with Crippen LogP contribution in [0, 0.1) is 0 Å². The molecule has 1 nitrogen and oxygen atoms in total. The fourth-order valence-corrected chi connectivity index (χ4v) is 0.744. The summed E-state index contributed by atoms with van der Waals surface area (Å²) in [5.41, 5.74) is 0. The molecule has 1 aliphatic rings. The highest BCUT2D eigenvalue weighted by Gasteiger charge is 2.04. The van der Waals surface area contributed by atoms with Crippen molar-refractivity contribution >= 4 is 6.21 Å². The summed E-state index contributed by atoms with van der Waals surface area (Å²) >= 11 is 0. The van der Waals surface area contributed by atoms with Gasteiger partial charge in [-0.1, -0.05) is 0 Å². The van der Waals surface area contributed by atoms with Crippen molar-refractivity contribution in [3.8, 4) is 0 Å². The van der Waals surface area contributed by atoms with Crippen molar-refractivity contribution in [1.29, 1.82) is 0 Å². The largest absolute Gasteiger partial charge is 0.209 e. The molecule has 44 valence electrons. The first-order valence-corrected chi connectivity index (χ1v) is 2.70. The first-order chi connectivity index (χ1) is 3.79. The zero-order valence-electron chi connectivity index (χ0n) is 4.89. The lowest BCUT2D eigenvalue weighted by Gasteiger charge is -1.95. The van der Waals surface area contributed by atoms with Gasteiger partial charge in [0, 0.05) is 12.8 Å². The van der Waals surface area contributed by atoms with Crippen LogP contribution < -0.4 is 0 Å². The molecule has 1 rings (SSSR count). The standard InChI is InChI=1S/C6H9FN/c1-8-4-2-3-6(7)5-8/h4-5H,2-3H2,1H3/q+1. The van der Waals surface area contributed by atoms with E-state index in [1.165, 1.54) is 6.20 Å². The Labute approximate surface area is 48.1 Å². The second-order valence-electron chi connectivity index (χ2n) is 1.96. The van der Waals surface area contributed by atoms with Gasteiger partial charge in [0.1, 0.15) is 13.3 Å². The van der Waals surface area contributed by atoms with E-state index in [2.05, 4.69) is 0 Å². The molecule has 0 spiro atoms. The van der Waals surface area contributed by atoms with Gasteiger partial charge in [-0.05, 0) is 0 Å². The molecule has 0 fully saturated rings. The normalized spacial score (nSPS) is 19.8. The van der Waals surface area contributed by atoms with E-state index in [9.17, 15) is 4.39 Å². The molecular weight excluding hydrogens is 105 g/mol. The van der Waals surface area contributed by atoms with Gasteiger partial charge in [-0.25, -0.2) is 8.97 Å². The van der Waals surface area contributed by atoms with Gasteiger partial charge >= 0.3 is 0 Å². The summed E-state index contributed by atoms with van der Waals surface area (Å²) in [7, 11) is 1.83. The lowest BCUT2D eigenvalue weighted by Crippen LogP contribution is -2.03. The predicted octanol–water partition coefficient (Wildman–Crippen LogP) is 1.30. The molecule has 0 aromatic carbocycles.